The second-order valence-corrected chi connectivity index (χ2v) is 26.3. The summed E-state index contributed by atoms with van der Waals surface area (Å²) in [6.45, 7) is 20.5. The van der Waals surface area contributed by atoms with Crippen molar-refractivity contribution < 1.29 is 62.2 Å². The van der Waals surface area contributed by atoms with Crippen molar-refractivity contribution in [2.24, 2.45) is 11.5 Å². The van der Waals surface area contributed by atoms with Gasteiger partial charge in [0.25, 0.3) is 0 Å². The SMILES string of the molecule is C1CCOC1.C1CCOC1.CC(C)(C)OC(=O)NCc1cc(Br)ccc1Br.CC(C)(C)OC(=O)OC(=O)OC(C)(C)C.CO.COC(=O)c1cc(Br)ccc1Br.ClCCl.N.NC(=O)c1cc(Br)ccc1Br.NCc1cc(Br)ccc1Br.[B]. The van der Waals surface area contributed by atoms with Crippen LogP contribution >= 0.6 is 151 Å². The molecule has 0 saturated carbocycles. The topological polar surface area (TPSA) is 269 Å². The van der Waals surface area contributed by atoms with Crippen molar-refractivity contribution in [1.29, 1.82) is 0 Å². The number of aliphatic hydroxyl groups is 1. The molecule has 2 saturated heterocycles. The van der Waals surface area contributed by atoms with Crippen LogP contribution < -0.4 is 22.9 Å². The second-order valence-electron chi connectivity index (χ2n) is 18.4. The van der Waals surface area contributed by atoms with Gasteiger partial charge in [-0.15, -0.1) is 23.2 Å². The fourth-order valence-corrected chi connectivity index (χ4v) is 8.13. The minimum Gasteiger partial charge on any atom is -0.465 e. The summed E-state index contributed by atoms with van der Waals surface area (Å²) >= 11 is 36.1. The van der Waals surface area contributed by atoms with Crippen molar-refractivity contribution in [3.8, 4) is 0 Å². The van der Waals surface area contributed by atoms with Crippen LogP contribution in [0.15, 0.2) is 109 Å². The Balaban J connectivity index is -0.000000283. The van der Waals surface area contributed by atoms with Gasteiger partial charge in [0.15, 0.2) is 0 Å². The van der Waals surface area contributed by atoms with E-state index in [1.54, 1.807) is 65.8 Å². The quantitative estimate of drug-likeness (QED) is 0.0409. The Bertz CT molecular complexity index is 2400. The predicted octanol–water partition coefficient (Wildman–Crippen LogP) is 17.5. The number of ether oxygens (including phenoxy) is 7. The van der Waals surface area contributed by atoms with Crippen molar-refractivity contribution >= 4 is 189 Å². The average molecular weight is 1710 g/mol. The van der Waals surface area contributed by atoms with Crippen molar-refractivity contribution in [3.05, 3.63) is 131 Å². The zero-order valence-electron chi connectivity index (χ0n) is 47.8. The molecule has 2 amide bonds. The zero-order chi connectivity index (χ0) is 62.2. The number of methoxy groups -OCH3 is 1. The second kappa shape index (κ2) is 50.1. The molecule has 463 valence electrons. The molecule has 28 heteroatoms. The number of nitrogens with one attached hydrogen (secondary N) is 1. The Morgan fingerprint density at radius 1 is 0.561 bits per heavy atom. The third-order valence-electron chi connectivity index (χ3n) is 8.19. The summed E-state index contributed by atoms with van der Waals surface area (Å²) in [5.41, 5.74) is 11.8. The molecule has 0 aliphatic carbocycles. The molecule has 9 N–H and O–H groups in total. The molecule has 82 heavy (non-hydrogen) atoms. The number of nitrogens with two attached hydrogens (primary N) is 2. The monoisotopic (exact) mass is 1700 g/mol. The maximum absolute atomic E-state index is 11.5. The highest BCUT2D eigenvalue weighted by atomic mass is 79.9. The van der Waals surface area contributed by atoms with E-state index >= 15 is 0 Å². The summed E-state index contributed by atoms with van der Waals surface area (Å²) in [6, 6.07) is 22.4. The maximum atomic E-state index is 11.5. The summed E-state index contributed by atoms with van der Waals surface area (Å²) in [4.78, 5) is 55.3. The number of carbonyl (C=O) groups is 5. The zero-order valence-corrected chi connectivity index (χ0v) is 62.0. The largest absolute Gasteiger partial charge is 0.519 e. The predicted molar refractivity (Wildman–Crippen MR) is 357 cm³/mol. The van der Waals surface area contributed by atoms with Crippen molar-refractivity contribution in [2.75, 3.05) is 46.0 Å². The van der Waals surface area contributed by atoms with Crippen LogP contribution in [0.4, 0.5) is 14.4 Å². The lowest BCUT2D eigenvalue weighted by molar-refractivity contribution is -0.0294. The standard InChI is InChI=1S/C12H15Br2NO2.C10H18O5.C8H6Br2O2.C7H5Br2NO.C7H7Br2N.2C4H8O.CH2Cl2.CH4O.B.H3N/c1-12(2,3)17-11(16)15-7-8-6-9(13)4-5-10(8)14;1-9(2,3)14-7(11)13-8(12)15-10(4,5)6;1-12-8(11)6-4-5(9)2-3-7(6)10;8-4-1-2-6(9)5(3-4)7(10)11;8-6-1-2-7(9)5(3-6)4-10;2*1-2-4-5-3-1;2-1-3;1-2;;/h4-6H,7H2,1-3H3,(H,15,16);1-6H3;2-4H,1H3;1-3H,(H2,10,11);1-3H,4,10H2;2*1-4H2;1H2;2H,1H3;;1H3. The first-order chi connectivity index (χ1) is 37.2. The minimum absolute atomic E-state index is 0. The Labute approximate surface area is 563 Å². The van der Waals surface area contributed by atoms with Gasteiger partial charge in [-0.1, -0.05) is 95.6 Å². The first-order valence-corrected chi connectivity index (χ1v) is 31.3. The molecule has 0 aromatic heterocycles. The summed E-state index contributed by atoms with van der Waals surface area (Å²) in [5, 5.41) is 9.91. The number of esters is 1. The van der Waals surface area contributed by atoms with Crippen LogP contribution in [0.2, 0.25) is 0 Å². The lowest BCUT2D eigenvalue weighted by Crippen LogP contribution is -2.32. The molecule has 3 radical (unpaired) electrons. The van der Waals surface area contributed by atoms with Gasteiger partial charge in [0, 0.05) is 90.8 Å². The first kappa shape index (κ1) is 88.9. The number of carbonyl (C=O) groups excluding carboxylic acids is 5. The molecule has 2 heterocycles. The van der Waals surface area contributed by atoms with Crippen molar-refractivity contribution in [2.45, 2.75) is 118 Å². The van der Waals surface area contributed by atoms with E-state index in [4.69, 9.17) is 63.5 Å². The van der Waals surface area contributed by atoms with Gasteiger partial charge in [0.2, 0.25) is 5.91 Å². The summed E-state index contributed by atoms with van der Waals surface area (Å²) in [5.74, 6) is -0.777. The number of halogens is 10. The van der Waals surface area contributed by atoms with E-state index in [0.717, 1.165) is 76.0 Å². The molecule has 2 aliphatic heterocycles. The normalized spacial score (nSPS) is 11.6. The van der Waals surface area contributed by atoms with E-state index in [2.05, 4.69) is 142 Å². The Kier molecular flexibility index (Phi) is 54.4. The number of amides is 2. The van der Waals surface area contributed by atoms with E-state index in [-0.39, 0.29) is 25.9 Å². The molecular formula is C54H76BBr8Cl2N4O13. The molecular weight excluding hydrogens is 1630 g/mol. The van der Waals surface area contributed by atoms with E-state index in [1.807, 2.05) is 69.3 Å². The summed E-state index contributed by atoms with van der Waals surface area (Å²) < 4.78 is 40.6. The van der Waals surface area contributed by atoms with Gasteiger partial charge in [0.05, 0.1) is 23.6 Å². The number of hydrogen-bond acceptors (Lipinski definition) is 15. The molecule has 0 atom stereocenters. The molecule has 6 rings (SSSR count). The fraction of sp³-hybridized carbons (Fsp3) is 0.463. The van der Waals surface area contributed by atoms with Crippen LogP contribution in [0.25, 0.3) is 0 Å². The van der Waals surface area contributed by atoms with E-state index < -0.39 is 41.1 Å². The van der Waals surface area contributed by atoms with E-state index in [0.29, 0.717) is 28.7 Å². The lowest BCUT2D eigenvalue weighted by atomic mass is 10.2. The molecule has 4 aromatic rings. The number of primary amides is 1. The molecule has 0 bridgehead atoms. The number of alkyl carbamates (subject to hydrolysis) is 1. The molecule has 2 fully saturated rings. The maximum Gasteiger partial charge on any atom is 0.519 e. The number of aliphatic hydroxyl groups excluding tert-OH is 1. The highest BCUT2D eigenvalue weighted by Crippen LogP contribution is 2.24. The van der Waals surface area contributed by atoms with Crippen LogP contribution in [-0.2, 0) is 46.2 Å². The molecule has 4 aromatic carbocycles. The number of benzene rings is 4. The van der Waals surface area contributed by atoms with Crippen LogP contribution in [0.1, 0.15) is 120 Å². The smallest absolute Gasteiger partial charge is 0.465 e. The average Bonchev–Trinajstić information content (AvgIpc) is 4.16. The van der Waals surface area contributed by atoms with Gasteiger partial charge >= 0.3 is 24.4 Å². The summed E-state index contributed by atoms with van der Waals surface area (Å²) in [6.07, 6.45) is 2.58. The lowest BCUT2D eigenvalue weighted by Gasteiger charge is -2.20. The first-order valence-electron chi connectivity index (χ1n) is 23.9. The van der Waals surface area contributed by atoms with Crippen molar-refractivity contribution in [3.63, 3.8) is 0 Å². The van der Waals surface area contributed by atoms with Gasteiger partial charge < -0.3 is 61.2 Å². The van der Waals surface area contributed by atoms with Gasteiger partial charge in [0.1, 0.15) is 16.8 Å². The molecule has 0 unspecified atom stereocenters. The molecule has 0 spiro atoms. The van der Waals surface area contributed by atoms with Gasteiger partial charge in [-0.3, -0.25) is 4.79 Å². The van der Waals surface area contributed by atoms with Crippen LogP contribution in [0, 0.1) is 0 Å². The van der Waals surface area contributed by atoms with Crippen LogP contribution in [0.5, 0.6) is 0 Å². The van der Waals surface area contributed by atoms with E-state index in [1.165, 1.54) is 32.8 Å². The number of hydrogen-bond donors (Lipinski definition) is 5. The fourth-order valence-electron chi connectivity index (χ4n) is 4.94. The Hall–Kier alpha value is -1.89. The van der Waals surface area contributed by atoms with Gasteiger partial charge in [-0.05, 0) is 204 Å². The third kappa shape index (κ3) is 50.3. The highest BCUT2D eigenvalue weighted by molar-refractivity contribution is 9.11. The Morgan fingerprint density at radius 2 is 0.878 bits per heavy atom. The Morgan fingerprint density at radius 3 is 1.17 bits per heavy atom. The van der Waals surface area contributed by atoms with Gasteiger partial charge in [-0.2, -0.15) is 0 Å². The third-order valence-corrected chi connectivity index (χ3v) is 13.1. The van der Waals surface area contributed by atoms with E-state index in [9.17, 15) is 24.0 Å². The number of alkyl halides is 2. The molecule has 17 nitrogen and oxygen atoms in total. The van der Waals surface area contributed by atoms with Crippen molar-refractivity contribution in [1.82, 2.24) is 11.5 Å². The van der Waals surface area contributed by atoms with Crippen LogP contribution in [-0.4, -0.2) is 107 Å². The molecule has 2 aliphatic rings. The summed E-state index contributed by atoms with van der Waals surface area (Å²) in [7, 11) is 2.36. The van der Waals surface area contributed by atoms with Gasteiger partial charge in [-0.25, -0.2) is 19.2 Å². The van der Waals surface area contributed by atoms with Crippen LogP contribution in [0.3, 0.4) is 0 Å². The number of rotatable bonds is 5. The highest BCUT2D eigenvalue weighted by Gasteiger charge is 2.24. The minimum atomic E-state index is -1.06.